The van der Waals surface area contributed by atoms with Crippen molar-refractivity contribution in [1.29, 1.82) is 0 Å². The predicted molar refractivity (Wildman–Crippen MR) is 83.8 cm³/mol. The highest BCUT2D eigenvalue weighted by atomic mass is 16.5. The average Bonchev–Trinajstić information content (AvgIpc) is 2.55. The smallest absolute Gasteiger partial charge is 0.338 e. The van der Waals surface area contributed by atoms with Gasteiger partial charge in [0.1, 0.15) is 5.82 Å². The zero-order valence-corrected chi connectivity index (χ0v) is 12.0. The van der Waals surface area contributed by atoms with Gasteiger partial charge in [0.25, 0.3) is 5.56 Å². The van der Waals surface area contributed by atoms with Crippen molar-refractivity contribution in [3.8, 4) is 11.4 Å². The van der Waals surface area contributed by atoms with Crippen molar-refractivity contribution in [2.45, 2.75) is 6.92 Å². The maximum Gasteiger partial charge on any atom is 0.338 e. The molecule has 3 aromatic rings. The average molecular weight is 294 g/mol. The van der Waals surface area contributed by atoms with Gasteiger partial charge in [-0.1, -0.05) is 30.3 Å². The molecule has 110 valence electrons. The van der Waals surface area contributed by atoms with Crippen molar-refractivity contribution < 1.29 is 9.53 Å². The molecule has 1 heterocycles. The number of nitrogens with zero attached hydrogens (tertiary/aromatic N) is 1. The SMILES string of the molecule is CCOC(=O)c1ccccc1-c1nc2ccccc2c(=O)[nH]1. The number of carbonyl (C=O) groups is 1. The maximum absolute atomic E-state index is 12.2. The van der Waals surface area contributed by atoms with Crippen molar-refractivity contribution in [2.75, 3.05) is 6.61 Å². The normalized spacial score (nSPS) is 10.6. The highest BCUT2D eigenvalue weighted by molar-refractivity contribution is 5.96. The molecule has 0 bridgehead atoms. The molecule has 22 heavy (non-hydrogen) atoms. The third-order valence-electron chi connectivity index (χ3n) is 3.29. The van der Waals surface area contributed by atoms with Gasteiger partial charge in [0, 0.05) is 5.56 Å². The van der Waals surface area contributed by atoms with E-state index in [0.717, 1.165) is 0 Å². The molecule has 0 amide bonds. The molecule has 5 heteroatoms. The predicted octanol–water partition coefficient (Wildman–Crippen LogP) is 2.77. The van der Waals surface area contributed by atoms with Gasteiger partial charge in [-0.15, -0.1) is 0 Å². The van der Waals surface area contributed by atoms with Gasteiger partial charge >= 0.3 is 5.97 Å². The minimum absolute atomic E-state index is 0.237. The Labute approximate surface area is 126 Å². The second-order valence-corrected chi connectivity index (χ2v) is 4.70. The lowest BCUT2D eigenvalue weighted by Crippen LogP contribution is -2.12. The summed E-state index contributed by atoms with van der Waals surface area (Å²) in [6.45, 7) is 2.03. The highest BCUT2D eigenvalue weighted by Gasteiger charge is 2.15. The molecular formula is C17H14N2O3. The van der Waals surface area contributed by atoms with E-state index in [9.17, 15) is 9.59 Å². The summed E-state index contributed by atoms with van der Waals surface area (Å²) in [4.78, 5) is 31.4. The molecule has 2 aromatic carbocycles. The van der Waals surface area contributed by atoms with Gasteiger partial charge in [0.2, 0.25) is 0 Å². The molecule has 0 saturated carbocycles. The molecule has 3 rings (SSSR count). The number of benzene rings is 2. The van der Waals surface area contributed by atoms with Gasteiger partial charge in [0.05, 0.1) is 23.1 Å². The van der Waals surface area contributed by atoms with E-state index >= 15 is 0 Å². The fourth-order valence-electron chi connectivity index (χ4n) is 2.29. The third-order valence-corrected chi connectivity index (χ3v) is 3.29. The third kappa shape index (κ3) is 2.48. The first-order valence-corrected chi connectivity index (χ1v) is 6.96. The molecule has 0 unspecified atom stereocenters. The Bertz CT molecular complexity index is 900. The Hall–Kier alpha value is -2.95. The minimum atomic E-state index is -0.436. The van der Waals surface area contributed by atoms with Crippen LogP contribution in [0.25, 0.3) is 22.3 Å². The molecule has 0 aliphatic rings. The first-order valence-electron chi connectivity index (χ1n) is 6.96. The van der Waals surface area contributed by atoms with Crippen LogP contribution < -0.4 is 5.56 Å². The standard InChI is InChI=1S/C17H14N2O3/c1-2-22-17(21)12-8-4-3-7-11(12)15-18-14-10-6-5-9-13(14)16(20)19-15/h3-10H,2H2,1H3,(H,18,19,20). The lowest BCUT2D eigenvalue weighted by atomic mass is 10.1. The Kier molecular flexibility index (Phi) is 3.70. The van der Waals surface area contributed by atoms with Crippen LogP contribution in [0.1, 0.15) is 17.3 Å². The highest BCUT2D eigenvalue weighted by Crippen LogP contribution is 2.21. The first kappa shape index (κ1) is 14.0. The molecule has 0 aliphatic carbocycles. The molecule has 5 nitrogen and oxygen atoms in total. The summed E-state index contributed by atoms with van der Waals surface area (Å²) in [6, 6.07) is 14.0. The van der Waals surface area contributed by atoms with Crippen LogP contribution in [0, 0.1) is 0 Å². The van der Waals surface area contributed by atoms with Crippen LogP contribution in [0.2, 0.25) is 0 Å². The summed E-state index contributed by atoms with van der Waals surface area (Å²) in [5.74, 6) is -0.0822. The molecule has 0 aliphatic heterocycles. The van der Waals surface area contributed by atoms with Crippen molar-refractivity contribution >= 4 is 16.9 Å². The van der Waals surface area contributed by atoms with Crippen LogP contribution in [0.15, 0.2) is 53.3 Å². The summed E-state index contributed by atoms with van der Waals surface area (Å²) in [5.41, 5.74) is 1.27. The Morgan fingerprint density at radius 3 is 2.68 bits per heavy atom. The van der Waals surface area contributed by atoms with E-state index in [1.807, 2.05) is 6.07 Å². The fraction of sp³-hybridized carbons (Fsp3) is 0.118. The molecule has 0 saturated heterocycles. The van der Waals surface area contributed by atoms with Gasteiger partial charge in [0.15, 0.2) is 0 Å². The van der Waals surface area contributed by atoms with Crippen molar-refractivity contribution in [3.63, 3.8) is 0 Å². The van der Waals surface area contributed by atoms with E-state index in [2.05, 4.69) is 9.97 Å². The number of H-pyrrole nitrogens is 1. The molecule has 1 aromatic heterocycles. The summed E-state index contributed by atoms with van der Waals surface area (Å²) in [5, 5.41) is 0.514. The Balaban J connectivity index is 2.20. The van der Waals surface area contributed by atoms with Gasteiger partial charge in [-0.05, 0) is 25.1 Å². The summed E-state index contributed by atoms with van der Waals surface area (Å²) in [7, 11) is 0. The van der Waals surface area contributed by atoms with Crippen LogP contribution in [0.5, 0.6) is 0 Å². The van der Waals surface area contributed by atoms with E-state index in [1.165, 1.54) is 0 Å². The van der Waals surface area contributed by atoms with E-state index in [4.69, 9.17) is 4.74 Å². The van der Waals surface area contributed by atoms with Crippen molar-refractivity contribution in [2.24, 2.45) is 0 Å². The van der Waals surface area contributed by atoms with Crippen LogP contribution in [0.4, 0.5) is 0 Å². The number of fused-ring (bicyclic) bond motifs is 1. The van der Waals surface area contributed by atoms with Crippen LogP contribution in [-0.4, -0.2) is 22.5 Å². The molecule has 0 fully saturated rings. The lowest BCUT2D eigenvalue weighted by Gasteiger charge is -2.08. The van der Waals surface area contributed by atoms with E-state index in [0.29, 0.717) is 27.9 Å². The minimum Gasteiger partial charge on any atom is -0.462 e. The molecule has 1 N–H and O–H groups in total. The number of para-hydroxylation sites is 1. The zero-order valence-electron chi connectivity index (χ0n) is 12.0. The number of aromatic amines is 1. The number of hydrogen-bond acceptors (Lipinski definition) is 4. The fourth-order valence-corrected chi connectivity index (χ4v) is 2.29. The molecular weight excluding hydrogens is 280 g/mol. The monoisotopic (exact) mass is 294 g/mol. The molecule has 0 spiro atoms. The number of nitrogens with one attached hydrogen (secondary N) is 1. The van der Waals surface area contributed by atoms with E-state index in [1.54, 1.807) is 49.4 Å². The second kappa shape index (κ2) is 5.81. The van der Waals surface area contributed by atoms with Gasteiger partial charge in [-0.2, -0.15) is 0 Å². The zero-order chi connectivity index (χ0) is 15.5. The van der Waals surface area contributed by atoms with Crippen LogP contribution in [0.3, 0.4) is 0 Å². The van der Waals surface area contributed by atoms with Crippen LogP contribution in [-0.2, 0) is 4.74 Å². The largest absolute Gasteiger partial charge is 0.462 e. The van der Waals surface area contributed by atoms with E-state index < -0.39 is 5.97 Å². The lowest BCUT2D eigenvalue weighted by molar-refractivity contribution is 0.0527. The molecule has 0 atom stereocenters. The van der Waals surface area contributed by atoms with Gasteiger partial charge in [-0.3, -0.25) is 4.79 Å². The number of hydrogen-bond donors (Lipinski definition) is 1. The number of ether oxygens (including phenoxy) is 1. The summed E-state index contributed by atoms with van der Waals surface area (Å²) >= 11 is 0. The van der Waals surface area contributed by atoms with Crippen molar-refractivity contribution in [3.05, 3.63) is 64.4 Å². The first-order chi connectivity index (χ1) is 10.7. The number of esters is 1. The van der Waals surface area contributed by atoms with E-state index in [-0.39, 0.29) is 12.2 Å². The van der Waals surface area contributed by atoms with Crippen molar-refractivity contribution in [1.82, 2.24) is 9.97 Å². The maximum atomic E-state index is 12.2. The van der Waals surface area contributed by atoms with Gasteiger partial charge < -0.3 is 9.72 Å². The topological polar surface area (TPSA) is 72.0 Å². The Morgan fingerprint density at radius 1 is 1.14 bits per heavy atom. The Morgan fingerprint density at radius 2 is 1.86 bits per heavy atom. The van der Waals surface area contributed by atoms with Gasteiger partial charge in [-0.25, -0.2) is 9.78 Å². The molecule has 0 radical (unpaired) electrons. The van der Waals surface area contributed by atoms with Crippen LogP contribution >= 0.6 is 0 Å². The number of rotatable bonds is 3. The number of aromatic nitrogens is 2. The summed E-state index contributed by atoms with van der Waals surface area (Å²) in [6.07, 6.45) is 0. The quantitative estimate of drug-likeness (QED) is 0.754. The number of carbonyl (C=O) groups excluding carboxylic acids is 1. The second-order valence-electron chi connectivity index (χ2n) is 4.70. The summed E-state index contributed by atoms with van der Waals surface area (Å²) < 4.78 is 5.05.